The van der Waals surface area contributed by atoms with E-state index in [9.17, 15) is 36.9 Å². The molecule has 0 amide bonds. The van der Waals surface area contributed by atoms with Crippen molar-refractivity contribution in [3.8, 4) is 5.88 Å². The van der Waals surface area contributed by atoms with Gasteiger partial charge in [-0.05, 0) is 17.7 Å². The Labute approximate surface area is 111 Å². The highest BCUT2D eigenvalue weighted by atomic mass is 35.5. The minimum atomic E-state index is -5.43. The molecule has 0 aromatic carbocycles. The molecule has 1 heterocycles. The number of hydrogen-bond acceptors (Lipinski definition) is 5. The highest BCUT2D eigenvalue weighted by Crippen LogP contribution is 2.38. The average Bonchev–Trinajstić information content (AvgIpc) is 2.24. The number of hydrogen-bond donors (Lipinski definition) is 0. The van der Waals surface area contributed by atoms with Crippen molar-refractivity contribution < 1.29 is 36.4 Å². The Kier molecular flexibility index (Phi) is 4.43. The van der Waals surface area contributed by atoms with Crippen LogP contribution in [-0.2, 0) is 0 Å². The molecule has 12 heteroatoms. The summed E-state index contributed by atoms with van der Waals surface area (Å²) < 4.78 is 64.6. The third kappa shape index (κ3) is 3.73. The van der Waals surface area contributed by atoms with Gasteiger partial charge in [-0.2, -0.15) is 0 Å². The normalized spacial score (nSPS) is 11.6. The van der Waals surface area contributed by atoms with Crippen molar-refractivity contribution in [3.63, 3.8) is 0 Å². The molecule has 0 N–H and O–H groups in total. The molecule has 0 unspecified atom stereocenters. The van der Waals surface area contributed by atoms with Gasteiger partial charge in [-0.1, -0.05) is 0 Å². The zero-order chi connectivity index (χ0) is 15.7. The predicted octanol–water partition coefficient (Wildman–Crippen LogP) is 3.21. The molecule has 0 atom stereocenters. The Bertz CT molecular complexity index is 563. The zero-order valence-corrected chi connectivity index (χ0v) is 9.71. The van der Waals surface area contributed by atoms with E-state index >= 15 is 0 Å². The quantitative estimate of drug-likeness (QED) is 0.368. The maximum Gasteiger partial charge on any atom is 0.574 e. The summed E-state index contributed by atoms with van der Waals surface area (Å²) in [4.78, 5) is 22.6. The number of aromatic nitrogens is 1. The highest BCUT2D eigenvalue weighted by Gasteiger charge is 2.39. The summed E-state index contributed by atoms with van der Waals surface area (Å²) in [5.74, 6) is -1.79. The van der Waals surface area contributed by atoms with Crippen LogP contribution < -0.4 is 4.74 Å². The monoisotopic (exact) mass is 320 g/mol. The van der Waals surface area contributed by atoms with E-state index in [0.717, 1.165) is 0 Å². The summed E-state index contributed by atoms with van der Waals surface area (Å²) in [6, 6.07) is 0.224. The Morgan fingerprint density at radius 3 is 2.35 bits per heavy atom. The van der Waals surface area contributed by atoms with Crippen LogP contribution in [0.1, 0.15) is 22.5 Å². The molecule has 20 heavy (non-hydrogen) atoms. The van der Waals surface area contributed by atoms with Crippen molar-refractivity contribution in [2.24, 2.45) is 0 Å². The number of ether oxygens (including phenoxy) is 1. The zero-order valence-electron chi connectivity index (χ0n) is 8.95. The van der Waals surface area contributed by atoms with Gasteiger partial charge in [-0.25, -0.2) is 13.8 Å². The standard InChI is InChI=1S/C8H2ClF5N2O4/c9-5(17)3-1-2(6(10)11)4(16(18)19)7(15-3)20-8(12,13)14/h1,6H. The molecule has 0 spiro atoms. The summed E-state index contributed by atoms with van der Waals surface area (Å²) in [6.45, 7) is 0. The van der Waals surface area contributed by atoms with E-state index in [1.165, 1.54) is 0 Å². The first-order valence-corrected chi connectivity index (χ1v) is 4.83. The Morgan fingerprint density at radius 2 is 2.00 bits per heavy atom. The maximum absolute atomic E-state index is 12.6. The van der Waals surface area contributed by atoms with Crippen LogP contribution >= 0.6 is 11.6 Å². The van der Waals surface area contributed by atoms with Crippen molar-refractivity contribution in [2.75, 3.05) is 0 Å². The third-order valence-corrected chi connectivity index (χ3v) is 2.02. The lowest BCUT2D eigenvalue weighted by molar-refractivity contribution is -0.390. The first kappa shape index (κ1) is 16.0. The highest BCUT2D eigenvalue weighted by molar-refractivity contribution is 6.67. The minimum Gasteiger partial charge on any atom is -0.381 e. The van der Waals surface area contributed by atoms with Crippen LogP contribution in [0.5, 0.6) is 5.88 Å². The molecule has 1 aromatic rings. The van der Waals surface area contributed by atoms with E-state index < -0.39 is 45.8 Å². The smallest absolute Gasteiger partial charge is 0.381 e. The molecule has 1 aromatic heterocycles. The van der Waals surface area contributed by atoms with E-state index in [2.05, 4.69) is 9.72 Å². The number of carbonyl (C=O) groups is 1. The molecule has 1 rings (SSSR count). The van der Waals surface area contributed by atoms with Crippen molar-refractivity contribution in [1.82, 2.24) is 4.98 Å². The van der Waals surface area contributed by atoms with Crippen LogP contribution in [0, 0.1) is 10.1 Å². The van der Waals surface area contributed by atoms with Crippen LogP contribution in [0.4, 0.5) is 27.6 Å². The number of halogens is 6. The molecule has 0 aliphatic rings. The van der Waals surface area contributed by atoms with Gasteiger partial charge in [0.05, 0.1) is 4.92 Å². The van der Waals surface area contributed by atoms with Crippen molar-refractivity contribution >= 4 is 22.5 Å². The molecule has 6 nitrogen and oxygen atoms in total. The number of alkyl halides is 5. The molecule has 0 aliphatic heterocycles. The lowest BCUT2D eigenvalue weighted by atomic mass is 10.2. The Morgan fingerprint density at radius 1 is 1.45 bits per heavy atom. The first-order valence-electron chi connectivity index (χ1n) is 4.46. The summed E-state index contributed by atoms with van der Waals surface area (Å²) in [6.07, 6.45) is -8.96. The second kappa shape index (κ2) is 5.53. The van der Waals surface area contributed by atoms with Gasteiger partial charge >= 0.3 is 17.9 Å². The molecular weight excluding hydrogens is 319 g/mol. The van der Waals surface area contributed by atoms with E-state index in [-0.39, 0.29) is 6.07 Å². The molecule has 0 saturated heterocycles. The lowest BCUT2D eigenvalue weighted by Crippen LogP contribution is -2.20. The van der Waals surface area contributed by atoms with Gasteiger partial charge in [0.15, 0.2) is 0 Å². The van der Waals surface area contributed by atoms with Crippen molar-refractivity contribution in [2.45, 2.75) is 12.8 Å². The van der Waals surface area contributed by atoms with Gasteiger partial charge in [0.1, 0.15) is 11.3 Å². The first-order chi connectivity index (χ1) is 9.03. The number of nitro groups is 1. The van der Waals surface area contributed by atoms with Crippen molar-refractivity contribution in [1.29, 1.82) is 0 Å². The molecule has 110 valence electrons. The van der Waals surface area contributed by atoms with Gasteiger partial charge in [0.25, 0.3) is 11.7 Å². The topological polar surface area (TPSA) is 82.3 Å². The number of carbonyl (C=O) groups excluding carboxylic acids is 1. The second-order valence-electron chi connectivity index (χ2n) is 3.13. The van der Waals surface area contributed by atoms with Gasteiger partial charge < -0.3 is 4.74 Å². The van der Waals surface area contributed by atoms with Crippen LogP contribution in [0.3, 0.4) is 0 Å². The predicted molar refractivity (Wildman–Crippen MR) is 52.7 cm³/mol. The molecule has 0 aliphatic carbocycles. The van der Waals surface area contributed by atoms with Crippen LogP contribution in [0.25, 0.3) is 0 Å². The fraction of sp³-hybridized carbons (Fsp3) is 0.250. The molecular formula is C8H2ClF5N2O4. The van der Waals surface area contributed by atoms with E-state index in [1.807, 2.05) is 0 Å². The van der Waals surface area contributed by atoms with Crippen LogP contribution in [0.2, 0.25) is 0 Å². The maximum atomic E-state index is 12.6. The summed E-state index contributed by atoms with van der Waals surface area (Å²) in [7, 11) is 0. The summed E-state index contributed by atoms with van der Waals surface area (Å²) in [5.41, 5.74) is -4.20. The largest absolute Gasteiger partial charge is 0.574 e. The molecule has 0 bridgehead atoms. The minimum absolute atomic E-state index is 0.224. The van der Waals surface area contributed by atoms with E-state index in [4.69, 9.17) is 11.6 Å². The van der Waals surface area contributed by atoms with Crippen LogP contribution in [0.15, 0.2) is 6.07 Å². The SMILES string of the molecule is O=C(Cl)c1cc(C(F)F)c([N+](=O)[O-])c(OC(F)(F)F)n1. The van der Waals surface area contributed by atoms with E-state index in [1.54, 1.807) is 0 Å². The third-order valence-electron chi connectivity index (χ3n) is 1.82. The Balaban J connectivity index is 3.59. The van der Waals surface area contributed by atoms with Gasteiger partial charge in [-0.15, -0.1) is 13.2 Å². The lowest BCUT2D eigenvalue weighted by Gasteiger charge is -2.11. The summed E-state index contributed by atoms with van der Waals surface area (Å²) in [5, 5.41) is 9.10. The molecule has 0 saturated carbocycles. The van der Waals surface area contributed by atoms with Crippen LogP contribution in [-0.4, -0.2) is 21.5 Å². The Hall–Kier alpha value is -2.04. The second-order valence-corrected chi connectivity index (χ2v) is 3.47. The number of rotatable bonds is 4. The molecule has 0 radical (unpaired) electrons. The van der Waals surface area contributed by atoms with Gasteiger partial charge in [0, 0.05) is 0 Å². The fourth-order valence-electron chi connectivity index (χ4n) is 1.17. The van der Waals surface area contributed by atoms with E-state index in [0.29, 0.717) is 0 Å². The number of pyridine rings is 1. The van der Waals surface area contributed by atoms with Gasteiger partial charge in [0.2, 0.25) is 0 Å². The number of nitrogens with zero attached hydrogens (tertiary/aromatic N) is 2. The summed E-state index contributed by atoms with van der Waals surface area (Å²) >= 11 is 4.90. The molecule has 0 fully saturated rings. The van der Waals surface area contributed by atoms with Gasteiger partial charge in [-0.3, -0.25) is 14.9 Å². The average molecular weight is 321 g/mol. The van der Waals surface area contributed by atoms with Crippen molar-refractivity contribution in [3.05, 3.63) is 27.4 Å². The fourth-order valence-corrected chi connectivity index (χ4v) is 1.26.